The lowest BCUT2D eigenvalue weighted by atomic mass is 9.67. The highest BCUT2D eigenvalue weighted by Gasteiger charge is 2.61. The Bertz CT molecular complexity index is 456. The van der Waals surface area contributed by atoms with Gasteiger partial charge in [0, 0.05) is 0 Å². The number of esters is 1. The second-order valence-corrected chi connectivity index (χ2v) is 9.03. The molecule has 2 aliphatic carbocycles. The van der Waals surface area contributed by atoms with Gasteiger partial charge in [0.2, 0.25) is 0 Å². The zero-order valence-electron chi connectivity index (χ0n) is 15.5. The van der Waals surface area contributed by atoms with Crippen LogP contribution >= 0.6 is 0 Å². The summed E-state index contributed by atoms with van der Waals surface area (Å²) in [6, 6.07) is 0. The maximum absolute atomic E-state index is 12.6. The quantitative estimate of drug-likeness (QED) is 0.515. The molecule has 0 bridgehead atoms. The van der Waals surface area contributed by atoms with Crippen molar-refractivity contribution >= 4 is 5.97 Å². The Labute approximate surface area is 136 Å². The zero-order chi connectivity index (χ0) is 16.7. The monoisotopic (exact) mass is 306 g/mol. The van der Waals surface area contributed by atoms with E-state index in [1.54, 1.807) is 0 Å². The molecule has 2 fully saturated rings. The second kappa shape index (κ2) is 6.02. The molecule has 0 N–H and O–H groups in total. The number of ether oxygens (including phenoxy) is 1. The Kier molecular flexibility index (Phi) is 4.80. The van der Waals surface area contributed by atoms with Crippen molar-refractivity contribution in [2.24, 2.45) is 28.6 Å². The van der Waals surface area contributed by atoms with Crippen molar-refractivity contribution in [2.75, 3.05) is 0 Å². The molecule has 2 saturated carbocycles. The fraction of sp³-hybridized carbons (Fsp3) is 0.850. The van der Waals surface area contributed by atoms with Gasteiger partial charge in [0.15, 0.2) is 0 Å². The third-order valence-electron chi connectivity index (χ3n) is 6.32. The Morgan fingerprint density at radius 2 is 1.86 bits per heavy atom. The molecular weight excluding hydrogens is 272 g/mol. The molecule has 0 heterocycles. The average Bonchev–Trinajstić information content (AvgIpc) is 2.89. The lowest BCUT2D eigenvalue weighted by molar-refractivity contribution is -0.156. The maximum Gasteiger partial charge on any atom is 0.310 e. The number of hydrogen-bond acceptors (Lipinski definition) is 2. The summed E-state index contributed by atoms with van der Waals surface area (Å²) >= 11 is 0. The van der Waals surface area contributed by atoms with Crippen LogP contribution in [0.3, 0.4) is 0 Å². The Hall–Kier alpha value is -0.790. The number of allylic oxidation sites excluding steroid dienone is 2. The lowest BCUT2D eigenvalue weighted by Gasteiger charge is -2.41. The molecule has 4 atom stereocenters. The SMILES string of the molecule is CC(C)=CC1C(C(=O)OC2CCCC(C)(C(C)C)C2)C1(C)C. The van der Waals surface area contributed by atoms with Crippen molar-refractivity contribution in [3.8, 4) is 0 Å². The van der Waals surface area contributed by atoms with E-state index in [9.17, 15) is 4.79 Å². The zero-order valence-corrected chi connectivity index (χ0v) is 15.5. The molecule has 2 aliphatic rings. The molecule has 2 nitrogen and oxygen atoms in total. The van der Waals surface area contributed by atoms with Gasteiger partial charge in [-0.1, -0.05) is 46.3 Å². The predicted octanol–water partition coefficient (Wildman–Crippen LogP) is 5.37. The Morgan fingerprint density at radius 1 is 1.23 bits per heavy atom. The van der Waals surface area contributed by atoms with E-state index >= 15 is 0 Å². The third kappa shape index (κ3) is 3.41. The van der Waals surface area contributed by atoms with Crippen LogP contribution in [-0.2, 0) is 9.53 Å². The summed E-state index contributed by atoms with van der Waals surface area (Å²) in [4.78, 5) is 12.6. The van der Waals surface area contributed by atoms with E-state index in [2.05, 4.69) is 54.5 Å². The molecule has 2 heteroatoms. The van der Waals surface area contributed by atoms with Crippen molar-refractivity contribution in [3.63, 3.8) is 0 Å². The summed E-state index contributed by atoms with van der Waals surface area (Å²) < 4.78 is 5.94. The van der Waals surface area contributed by atoms with E-state index in [0.29, 0.717) is 17.3 Å². The van der Waals surface area contributed by atoms with Gasteiger partial charge in [0.25, 0.3) is 0 Å². The summed E-state index contributed by atoms with van der Waals surface area (Å²) in [6.45, 7) is 15.5. The summed E-state index contributed by atoms with van der Waals surface area (Å²) in [5, 5.41) is 0. The number of carbonyl (C=O) groups excluding carboxylic acids is 1. The topological polar surface area (TPSA) is 26.3 Å². The minimum Gasteiger partial charge on any atom is -0.462 e. The molecule has 0 aliphatic heterocycles. The minimum absolute atomic E-state index is 0.0329. The van der Waals surface area contributed by atoms with Gasteiger partial charge in [-0.3, -0.25) is 4.79 Å². The van der Waals surface area contributed by atoms with Crippen molar-refractivity contribution in [1.82, 2.24) is 0 Å². The molecule has 0 aromatic carbocycles. The van der Waals surface area contributed by atoms with E-state index in [1.165, 1.54) is 18.4 Å². The highest BCUT2D eigenvalue weighted by atomic mass is 16.5. The van der Waals surface area contributed by atoms with Crippen molar-refractivity contribution in [1.29, 1.82) is 0 Å². The lowest BCUT2D eigenvalue weighted by Crippen LogP contribution is -2.36. The maximum atomic E-state index is 12.6. The van der Waals surface area contributed by atoms with Crippen LogP contribution in [-0.4, -0.2) is 12.1 Å². The molecule has 126 valence electrons. The summed E-state index contributed by atoms with van der Waals surface area (Å²) in [6.07, 6.45) is 6.86. The van der Waals surface area contributed by atoms with Gasteiger partial charge in [-0.15, -0.1) is 0 Å². The van der Waals surface area contributed by atoms with Crippen LogP contribution in [0.2, 0.25) is 0 Å². The van der Waals surface area contributed by atoms with E-state index < -0.39 is 0 Å². The van der Waals surface area contributed by atoms with Crippen LogP contribution in [0.5, 0.6) is 0 Å². The van der Waals surface area contributed by atoms with Crippen molar-refractivity contribution < 1.29 is 9.53 Å². The molecule has 0 aromatic heterocycles. The van der Waals surface area contributed by atoms with Crippen LogP contribution in [0.15, 0.2) is 11.6 Å². The first-order valence-corrected chi connectivity index (χ1v) is 8.93. The van der Waals surface area contributed by atoms with Gasteiger partial charge in [0.1, 0.15) is 6.10 Å². The van der Waals surface area contributed by atoms with Gasteiger partial charge < -0.3 is 4.74 Å². The second-order valence-electron chi connectivity index (χ2n) is 9.03. The fourth-order valence-electron chi connectivity index (χ4n) is 4.12. The van der Waals surface area contributed by atoms with Gasteiger partial charge in [-0.05, 0) is 62.2 Å². The van der Waals surface area contributed by atoms with Crippen molar-refractivity contribution in [3.05, 3.63) is 11.6 Å². The van der Waals surface area contributed by atoms with Gasteiger partial charge in [-0.2, -0.15) is 0 Å². The van der Waals surface area contributed by atoms with Crippen molar-refractivity contribution in [2.45, 2.75) is 80.3 Å². The predicted molar refractivity (Wildman–Crippen MR) is 91.5 cm³/mol. The molecule has 2 rings (SSSR count). The highest BCUT2D eigenvalue weighted by molar-refractivity contribution is 5.78. The standard InChI is InChI=1S/C20H34O2/c1-13(2)11-16-17(19(16,5)6)18(21)22-15-9-8-10-20(7,12-15)14(3)4/h11,14-17H,8-10,12H2,1-7H3. The van der Waals surface area contributed by atoms with Gasteiger partial charge >= 0.3 is 5.97 Å². The summed E-state index contributed by atoms with van der Waals surface area (Å²) in [7, 11) is 0. The molecule has 22 heavy (non-hydrogen) atoms. The largest absolute Gasteiger partial charge is 0.462 e. The first kappa shape index (κ1) is 17.6. The third-order valence-corrected chi connectivity index (χ3v) is 6.32. The van der Waals surface area contributed by atoms with E-state index in [1.807, 2.05) is 0 Å². The summed E-state index contributed by atoms with van der Waals surface area (Å²) in [5.41, 5.74) is 1.67. The molecule has 0 spiro atoms. The van der Waals surface area contributed by atoms with Crippen LogP contribution in [0.4, 0.5) is 0 Å². The minimum atomic E-state index is 0.0329. The van der Waals surface area contributed by atoms with Crippen LogP contribution in [0.25, 0.3) is 0 Å². The molecular formula is C20H34O2. The molecule has 0 saturated heterocycles. The van der Waals surface area contributed by atoms with E-state index in [4.69, 9.17) is 4.74 Å². The fourth-order valence-corrected chi connectivity index (χ4v) is 4.12. The number of carbonyl (C=O) groups is 1. The molecule has 0 aromatic rings. The first-order valence-electron chi connectivity index (χ1n) is 8.93. The highest BCUT2D eigenvalue weighted by Crippen LogP contribution is 2.60. The number of hydrogen-bond donors (Lipinski definition) is 0. The van der Waals surface area contributed by atoms with Crippen LogP contribution in [0.1, 0.15) is 74.1 Å². The normalized spacial score (nSPS) is 36.8. The van der Waals surface area contributed by atoms with Crippen LogP contribution < -0.4 is 0 Å². The molecule has 0 amide bonds. The van der Waals surface area contributed by atoms with Crippen LogP contribution in [0, 0.1) is 28.6 Å². The average molecular weight is 306 g/mol. The van der Waals surface area contributed by atoms with Gasteiger partial charge in [0.05, 0.1) is 5.92 Å². The smallest absolute Gasteiger partial charge is 0.310 e. The van der Waals surface area contributed by atoms with E-state index in [0.717, 1.165) is 12.8 Å². The van der Waals surface area contributed by atoms with E-state index in [-0.39, 0.29) is 23.4 Å². The van der Waals surface area contributed by atoms with Gasteiger partial charge in [-0.25, -0.2) is 0 Å². The molecule has 0 radical (unpaired) electrons. The first-order chi connectivity index (χ1) is 10.1. The molecule has 4 unspecified atom stereocenters. The summed E-state index contributed by atoms with van der Waals surface area (Å²) in [5.74, 6) is 1.08. The number of rotatable bonds is 4. The Balaban J connectivity index is 1.97. The Morgan fingerprint density at radius 3 is 2.41 bits per heavy atom.